The first-order valence-corrected chi connectivity index (χ1v) is 5.11. The van der Waals surface area contributed by atoms with Gasteiger partial charge < -0.3 is 11.1 Å². The van der Waals surface area contributed by atoms with E-state index in [-0.39, 0.29) is 0 Å². The maximum Gasteiger partial charge on any atom is 0.135 e. The van der Waals surface area contributed by atoms with Gasteiger partial charge in [-0.1, -0.05) is 11.6 Å². The molecule has 0 atom stereocenters. The molecule has 1 aromatic carbocycles. The van der Waals surface area contributed by atoms with Gasteiger partial charge in [0.15, 0.2) is 0 Å². The van der Waals surface area contributed by atoms with Gasteiger partial charge in [0, 0.05) is 6.07 Å². The van der Waals surface area contributed by atoms with Gasteiger partial charge in [-0.25, -0.2) is 9.97 Å². The minimum absolute atomic E-state index is 0.357. The van der Waals surface area contributed by atoms with Crippen molar-refractivity contribution in [2.75, 3.05) is 11.1 Å². The van der Waals surface area contributed by atoms with E-state index >= 15 is 0 Å². The van der Waals surface area contributed by atoms with Gasteiger partial charge in [0.2, 0.25) is 0 Å². The Hall–Kier alpha value is -2.32. The van der Waals surface area contributed by atoms with Crippen molar-refractivity contribution in [1.82, 2.24) is 9.97 Å². The first kappa shape index (κ1) is 11.2. The molecular weight excluding hydrogens is 238 g/mol. The number of halogens is 1. The number of nitriles is 1. The lowest BCUT2D eigenvalue weighted by atomic mass is 10.2. The van der Waals surface area contributed by atoms with Gasteiger partial charge in [0.25, 0.3) is 0 Å². The lowest BCUT2D eigenvalue weighted by Gasteiger charge is -2.07. The molecule has 5 nitrogen and oxygen atoms in total. The predicted octanol–water partition coefficient (Wildman–Crippen LogP) is 2.33. The van der Waals surface area contributed by atoms with Crippen LogP contribution in [0.5, 0.6) is 0 Å². The van der Waals surface area contributed by atoms with Crippen LogP contribution < -0.4 is 11.1 Å². The zero-order chi connectivity index (χ0) is 12.3. The molecule has 0 radical (unpaired) electrons. The number of benzene rings is 1. The Kier molecular flexibility index (Phi) is 3.08. The summed E-state index contributed by atoms with van der Waals surface area (Å²) >= 11 is 6.00. The summed E-state index contributed by atoms with van der Waals surface area (Å²) in [4.78, 5) is 7.77. The van der Waals surface area contributed by atoms with E-state index in [1.807, 2.05) is 6.07 Å². The molecule has 3 N–H and O–H groups in total. The van der Waals surface area contributed by atoms with Crippen LogP contribution in [0.25, 0.3) is 0 Å². The second-order valence-electron chi connectivity index (χ2n) is 3.26. The SMILES string of the molecule is N#Cc1ccc(Cl)c(Nc2cc(N)ncn2)c1. The van der Waals surface area contributed by atoms with Gasteiger partial charge in [0.1, 0.15) is 18.0 Å². The maximum absolute atomic E-state index is 8.80. The lowest BCUT2D eigenvalue weighted by molar-refractivity contribution is 1.18. The van der Waals surface area contributed by atoms with Crippen molar-refractivity contribution in [2.45, 2.75) is 0 Å². The zero-order valence-corrected chi connectivity index (χ0v) is 9.44. The van der Waals surface area contributed by atoms with Crippen LogP contribution in [-0.2, 0) is 0 Å². The summed E-state index contributed by atoms with van der Waals surface area (Å²) in [6, 6.07) is 8.54. The topological polar surface area (TPSA) is 87.6 Å². The van der Waals surface area contributed by atoms with Crippen molar-refractivity contribution in [3.63, 3.8) is 0 Å². The number of nitrogens with zero attached hydrogens (tertiary/aromatic N) is 3. The summed E-state index contributed by atoms with van der Waals surface area (Å²) < 4.78 is 0. The number of nitrogen functional groups attached to an aromatic ring is 1. The third kappa shape index (κ3) is 2.62. The van der Waals surface area contributed by atoms with Crippen molar-refractivity contribution < 1.29 is 0 Å². The van der Waals surface area contributed by atoms with E-state index in [0.717, 1.165) is 0 Å². The number of rotatable bonds is 2. The molecule has 0 amide bonds. The summed E-state index contributed by atoms with van der Waals surface area (Å²) in [5.74, 6) is 0.879. The fourth-order valence-corrected chi connectivity index (χ4v) is 1.43. The molecule has 0 aliphatic carbocycles. The minimum atomic E-state index is 0.357. The number of aromatic nitrogens is 2. The summed E-state index contributed by atoms with van der Waals surface area (Å²) in [6.07, 6.45) is 1.35. The molecule has 17 heavy (non-hydrogen) atoms. The van der Waals surface area contributed by atoms with Crippen molar-refractivity contribution in [3.8, 4) is 6.07 Å². The number of anilines is 3. The van der Waals surface area contributed by atoms with Gasteiger partial charge in [-0.2, -0.15) is 5.26 Å². The largest absolute Gasteiger partial charge is 0.384 e. The van der Waals surface area contributed by atoms with Crippen LogP contribution in [0.3, 0.4) is 0 Å². The zero-order valence-electron chi connectivity index (χ0n) is 8.68. The van der Waals surface area contributed by atoms with Gasteiger partial charge in [0.05, 0.1) is 22.3 Å². The highest BCUT2D eigenvalue weighted by atomic mass is 35.5. The molecule has 2 rings (SSSR count). The highest BCUT2D eigenvalue weighted by Gasteiger charge is 2.03. The Bertz CT molecular complexity index is 591. The van der Waals surface area contributed by atoms with Crippen LogP contribution in [-0.4, -0.2) is 9.97 Å². The van der Waals surface area contributed by atoms with E-state index in [0.29, 0.717) is 27.9 Å². The standard InChI is InChI=1S/C11H8ClN5/c12-8-2-1-7(5-13)3-9(8)17-11-4-10(14)15-6-16-11/h1-4,6H,(H3,14,15,16,17). The van der Waals surface area contributed by atoms with E-state index in [2.05, 4.69) is 15.3 Å². The Labute approximate surface area is 103 Å². The molecule has 0 unspecified atom stereocenters. The van der Waals surface area contributed by atoms with Crippen LogP contribution >= 0.6 is 11.6 Å². The fourth-order valence-electron chi connectivity index (χ4n) is 1.27. The number of hydrogen-bond acceptors (Lipinski definition) is 5. The van der Waals surface area contributed by atoms with E-state index in [9.17, 15) is 0 Å². The Balaban J connectivity index is 2.33. The Morgan fingerprint density at radius 2 is 2.12 bits per heavy atom. The molecule has 2 aromatic rings. The van der Waals surface area contributed by atoms with Gasteiger partial charge in [-0.15, -0.1) is 0 Å². The molecule has 0 aliphatic heterocycles. The average molecular weight is 246 g/mol. The Morgan fingerprint density at radius 3 is 2.82 bits per heavy atom. The molecule has 84 valence electrons. The second-order valence-corrected chi connectivity index (χ2v) is 3.67. The smallest absolute Gasteiger partial charge is 0.135 e. The second kappa shape index (κ2) is 4.68. The third-order valence-electron chi connectivity index (χ3n) is 2.05. The molecule has 0 saturated heterocycles. The van der Waals surface area contributed by atoms with Crippen LogP contribution in [0.2, 0.25) is 5.02 Å². The summed E-state index contributed by atoms with van der Waals surface area (Å²) in [5.41, 5.74) is 6.64. The quantitative estimate of drug-likeness (QED) is 0.848. The molecule has 0 bridgehead atoms. The van der Waals surface area contributed by atoms with Crippen LogP contribution in [0.1, 0.15) is 5.56 Å². The molecule has 1 heterocycles. The van der Waals surface area contributed by atoms with E-state index in [1.54, 1.807) is 24.3 Å². The van der Waals surface area contributed by atoms with Gasteiger partial charge >= 0.3 is 0 Å². The molecule has 0 aliphatic rings. The molecule has 0 spiro atoms. The van der Waals surface area contributed by atoms with Crippen molar-refractivity contribution in [3.05, 3.63) is 41.2 Å². The number of nitrogens with two attached hydrogens (primary N) is 1. The third-order valence-corrected chi connectivity index (χ3v) is 2.38. The predicted molar refractivity (Wildman–Crippen MR) is 65.9 cm³/mol. The van der Waals surface area contributed by atoms with Crippen LogP contribution in [0.4, 0.5) is 17.3 Å². The Morgan fingerprint density at radius 1 is 1.29 bits per heavy atom. The van der Waals surface area contributed by atoms with E-state index in [4.69, 9.17) is 22.6 Å². The first-order valence-electron chi connectivity index (χ1n) is 4.73. The van der Waals surface area contributed by atoms with Crippen molar-refractivity contribution in [2.24, 2.45) is 0 Å². The minimum Gasteiger partial charge on any atom is -0.384 e. The first-order chi connectivity index (χ1) is 8.19. The summed E-state index contributed by atoms with van der Waals surface area (Å²) in [5, 5.41) is 12.3. The van der Waals surface area contributed by atoms with Gasteiger partial charge in [-0.05, 0) is 18.2 Å². The maximum atomic E-state index is 8.80. The van der Waals surface area contributed by atoms with Crippen LogP contribution in [0, 0.1) is 11.3 Å². The van der Waals surface area contributed by atoms with Gasteiger partial charge in [-0.3, -0.25) is 0 Å². The summed E-state index contributed by atoms with van der Waals surface area (Å²) in [7, 11) is 0. The lowest BCUT2D eigenvalue weighted by Crippen LogP contribution is -1.98. The molecule has 0 saturated carbocycles. The molecular formula is C11H8ClN5. The average Bonchev–Trinajstić information content (AvgIpc) is 2.32. The van der Waals surface area contributed by atoms with Crippen molar-refractivity contribution in [1.29, 1.82) is 5.26 Å². The van der Waals surface area contributed by atoms with E-state index in [1.165, 1.54) is 6.33 Å². The number of hydrogen-bond donors (Lipinski definition) is 2. The van der Waals surface area contributed by atoms with Crippen LogP contribution in [0.15, 0.2) is 30.6 Å². The molecule has 0 fully saturated rings. The van der Waals surface area contributed by atoms with E-state index < -0.39 is 0 Å². The summed E-state index contributed by atoms with van der Waals surface area (Å²) in [6.45, 7) is 0. The highest BCUT2D eigenvalue weighted by molar-refractivity contribution is 6.33. The molecule has 1 aromatic heterocycles. The highest BCUT2D eigenvalue weighted by Crippen LogP contribution is 2.25. The molecule has 6 heteroatoms. The normalized spacial score (nSPS) is 9.65. The number of nitrogens with one attached hydrogen (secondary N) is 1. The van der Waals surface area contributed by atoms with Crippen molar-refractivity contribution >= 4 is 28.9 Å². The monoisotopic (exact) mass is 245 g/mol. The fraction of sp³-hybridized carbons (Fsp3) is 0.